The fraction of sp³-hybridized carbons (Fsp3) is 0.368. The SMILES string of the molecule is CN1CCc2cc(Cl)c(O)cc2[C@H]2c3cccc([N+](=O)[O-])c3CC[C@@H]21. The Morgan fingerprint density at radius 3 is 2.84 bits per heavy atom. The third kappa shape index (κ3) is 2.58. The van der Waals surface area contributed by atoms with E-state index in [1.54, 1.807) is 18.2 Å². The minimum Gasteiger partial charge on any atom is -0.506 e. The molecule has 0 spiro atoms. The molecule has 6 heteroatoms. The fourth-order valence-electron chi connectivity index (χ4n) is 4.43. The lowest BCUT2D eigenvalue weighted by molar-refractivity contribution is -0.385. The zero-order chi connectivity index (χ0) is 17.7. The molecular formula is C19H19ClN2O3. The normalized spacial score (nSPS) is 22.5. The summed E-state index contributed by atoms with van der Waals surface area (Å²) in [5.41, 5.74) is 4.17. The summed E-state index contributed by atoms with van der Waals surface area (Å²) in [7, 11) is 2.10. The first-order valence-corrected chi connectivity index (χ1v) is 8.83. The minimum absolute atomic E-state index is 0.00863. The van der Waals surface area contributed by atoms with Gasteiger partial charge in [0, 0.05) is 30.1 Å². The van der Waals surface area contributed by atoms with Gasteiger partial charge in [-0.15, -0.1) is 0 Å². The van der Waals surface area contributed by atoms with E-state index in [-0.39, 0.29) is 28.3 Å². The van der Waals surface area contributed by atoms with Crippen molar-refractivity contribution >= 4 is 17.3 Å². The minimum atomic E-state index is -0.292. The Hall–Kier alpha value is -2.11. The lowest BCUT2D eigenvalue weighted by atomic mass is 9.74. The summed E-state index contributed by atoms with van der Waals surface area (Å²) in [6.07, 6.45) is 2.41. The number of nitro groups is 1. The van der Waals surface area contributed by atoms with Gasteiger partial charge in [0.2, 0.25) is 0 Å². The van der Waals surface area contributed by atoms with Crippen LogP contribution in [0.25, 0.3) is 0 Å². The van der Waals surface area contributed by atoms with Gasteiger partial charge in [-0.05, 0) is 55.1 Å². The topological polar surface area (TPSA) is 66.6 Å². The third-order valence-electron chi connectivity index (χ3n) is 5.64. The van der Waals surface area contributed by atoms with Crippen LogP contribution in [0.2, 0.25) is 5.02 Å². The van der Waals surface area contributed by atoms with E-state index in [2.05, 4.69) is 11.9 Å². The van der Waals surface area contributed by atoms with Gasteiger partial charge in [-0.2, -0.15) is 0 Å². The highest BCUT2D eigenvalue weighted by Gasteiger charge is 2.39. The monoisotopic (exact) mass is 358 g/mol. The zero-order valence-corrected chi connectivity index (χ0v) is 14.7. The number of nitrogens with zero attached hydrogens (tertiary/aromatic N) is 2. The van der Waals surface area contributed by atoms with Crippen LogP contribution < -0.4 is 0 Å². The van der Waals surface area contributed by atoms with Crippen LogP contribution in [-0.4, -0.2) is 34.6 Å². The molecule has 0 bridgehead atoms. The number of phenols is 1. The standard InChI is InChI=1S/C19H19ClN2O3/c1-21-8-7-11-9-15(20)18(23)10-14(11)19-13-3-2-4-16(22(24)25)12(13)5-6-17(19)21/h2-4,9-10,17,19,23H,5-8H2,1H3/t17-,19+/m0/s1. The maximum absolute atomic E-state index is 11.4. The second kappa shape index (κ2) is 6.00. The highest BCUT2D eigenvalue weighted by atomic mass is 35.5. The number of rotatable bonds is 1. The molecule has 4 rings (SSSR count). The first-order valence-electron chi connectivity index (χ1n) is 8.45. The van der Waals surface area contributed by atoms with Gasteiger partial charge in [-0.1, -0.05) is 23.7 Å². The Morgan fingerprint density at radius 2 is 2.08 bits per heavy atom. The van der Waals surface area contributed by atoms with Crippen molar-refractivity contribution in [2.45, 2.75) is 31.2 Å². The van der Waals surface area contributed by atoms with E-state index >= 15 is 0 Å². The van der Waals surface area contributed by atoms with E-state index in [4.69, 9.17) is 11.6 Å². The average Bonchev–Trinajstić information content (AvgIpc) is 2.72. The summed E-state index contributed by atoms with van der Waals surface area (Å²) >= 11 is 6.12. The first kappa shape index (κ1) is 16.4. The lowest BCUT2D eigenvalue weighted by Gasteiger charge is -2.38. The summed E-state index contributed by atoms with van der Waals surface area (Å²) in [5, 5.41) is 22.0. The van der Waals surface area contributed by atoms with Crippen LogP contribution in [0.1, 0.15) is 34.6 Å². The quantitative estimate of drug-likeness (QED) is 0.620. The first-order chi connectivity index (χ1) is 12.0. The molecule has 1 aliphatic heterocycles. The summed E-state index contributed by atoms with van der Waals surface area (Å²) in [6, 6.07) is 9.19. The Labute approximate surface area is 151 Å². The van der Waals surface area contributed by atoms with Crippen molar-refractivity contribution in [3.63, 3.8) is 0 Å². The van der Waals surface area contributed by atoms with Crippen molar-refractivity contribution in [2.24, 2.45) is 0 Å². The van der Waals surface area contributed by atoms with Crippen molar-refractivity contribution in [2.75, 3.05) is 13.6 Å². The molecule has 5 nitrogen and oxygen atoms in total. The highest BCUT2D eigenvalue weighted by molar-refractivity contribution is 6.32. The lowest BCUT2D eigenvalue weighted by Crippen LogP contribution is -2.39. The highest BCUT2D eigenvalue weighted by Crippen LogP contribution is 2.46. The number of fused-ring (bicyclic) bond motifs is 5. The Morgan fingerprint density at radius 1 is 1.28 bits per heavy atom. The summed E-state index contributed by atoms with van der Waals surface area (Å²) in [5.74, 6) is 0.0793. The van der Waals surface area contributed by atoms with E-state index in [1.165, 1.54) is 0 Å². The Bertz CT molecular complexity index is 868. The van der Waals surface area contributed by atoms with E-state index in [0.29, 0.717) is 11.4 Å². The summed E-state index contributed by atoms with van der Waals surface area (Å²) in [6.45, 7) is 0.902. The van der Waals surface area contributed by atoms with Gasteiger partial charge in [-0.25, -0.2) is 0 Å². The van der Waals surface area contributed by atoms with E-state index in [9.17, 15) is 15.2 Å². The fourth-order valence-corrected chi connectivity index (χ4v) is 4.62. The third-order valence-corrected chi connectivity index (χ3v) is 5.94. The second-order valence-corrected chi connectivity index (χ2v) is 7.33. The van der Waals surface area contributed by atoms with Crippen molar-refractivity contribution in [3.8, 4) is 5.75 Å². The number of benzene rings is 2. The Kier molecular flexibility index (Phi) is 3.93. The van der Waals surface area contributed by atoms with Gasteiger partial charge in [0.05, 0.1) is 9.95 Å². The molecule has 0 fully saturated rings. The van der Waals surface area contributed by atoms with Crippen molar-refractivity contribution in [1.29, 1.82) is 0 Å². The van der Waals surface area contributed by atoms with Crippen molar-refractivity contribution in [3.05, 3.63) is 67.7 Å². The van der Waals surface area contributed by atoms with Crippen LogP contribution in [0.4, 0.5) is 5.69 Å². The molecule has 0 saturated heterocycles. The second-order valence-electron chi connectivity index (χ2n) is 6.92. The predicted octanol–water partition coefficient (Wildman–Crippen LogP) is 3.89. The van der Waals surface area contributed by atoms with Gasteiger partial charge >= 0.3 is 0 Å². The van der Waals surface area contributed by atoms with E-state index < -0.39 is 0 Å². The molecule has 0 unspecified atom stereocenters. The van der Waals surface area contributed by atoms with Crippen molar-refractivity contribution in [1.82, 2.24) is 4.90 Å². The molecule has 2 aromatic rings. The number of hydrogen-bond donors (Lipinski definition) is 1. The van der Waals surface area contributed by atoms with Gasteiger partial charge in [0.25, 0.3) is 5.69 Å². The largest absolute Gasteiger partial charge is 0.506 e. The zero-order valence-electron chi connectivity index (χ0n) is 13.9. The molecular weight excluding hydrogens is 340 g/mol. The van der Waals surface area contributed by atoms with Crippen LogP contribution in [-0.2, 0) is 12.8 Å². The number of phenolic OH excluding ortho intramolecular Hbond substituents is 1. The molecule has 1 aliphatic carbocycles. The molecule has 2 aliphatic rings. The number of aromatic hydroxyl groups is 1. The van der Waals surface area contributed by atoms with E-state index in [0.717, 1.165) is 41.6 Å². The number of nitro benzene ring substituents is 1. The van der Waals surface area contributed by atoms with Crippen LogP contribution in [0.15, 0.2) is 30.3 Å². The molecule has 0 aromatic heterocycles. The molecule has 1 N–H and O–H groups in total. The van der Waals surface area contributed by atoms with Crippen LogP contribution in [0.3, 0.4) is 0 Å². The summed E-state index contributed by atoms with van der Waals surface area (Å²) < 4.78 is 0. The average molecular weight is 359 g/mol. The van der Waals surface area contributed by atoms with Crippen LogP contribution in [0, 0.1) is 10.1 Å². The number of halogens is 1. The molecule has 130 valence electrons. The van der Waals surface area contributed by atoms with E-state index in [1.807, 2.05) is 12.1 Å². The molecule has 25 heavy (non-hydrogen) atoms. The summed E-state index contributed by atoms with van der Waals surface area (Å²) in [4.78, 5) is 13.5. The number of likely N-dealkylation sites (N-methyl/N-ethyl adjacent to an activating group) is 1. The molecule has 1 heterocycles. The van der Waals surface area contributed by atoms with Crippen LogP contribution in [0.5, 0.6) is 5.75 Å². The maximum atomic E-state index is 11.4. The molecule has 0 radical (unpaired) electrons. The van der Waals surface area contributed by atoms with Gasteiger partial charge in [-0.3, -0.25) is 10.1 Å². The van der Waals surface area contributed by atoms with Crippen molar-refractivity contribution < 1.29 is 10.0 Å². The molecule has 2 atom stereocenters. The molecule has 2 aromatic carbocycles. The molecule has 0 amide bonds. The molecule has 0 saturated carbocycles. The van der Waals surface area contributed by atoms with Gasteiger partial charge < -0.3 is 10.0 Å². The Balaban J connectivity index is 1.96. The van der Waals surface area contributed by atoms with Crippen LogP contribution >= 0.6 is 11.6 Å². The number of hydrogen-bond acceptors (Lipinski definition) is 4. The predicted molar refractivity (Wildman–Crippen MR) is 96.5 cm³/mol. The van der Waals surface area contributed by atoms with Gasteiger partial charge in [0.15, 0.2) is 0 Å². The van der Waals surface area contributed by atoms with Gasteiger partial charge in [0.1, 0.15) is 5.75 Å². The smallest absolute Gasteiger partial charge is 0.272 e. The maximum Gasteiger partial charge on any atom is 0.272 e.